The van der Waals surface area contributed by atoms with Crippen molar-refractivity contribution in [1.82, 2.24) is 5.32 Å². The van der Waals surface area contributed by atoms with Crippen LogP contribution in [0.4, 0.5) is 0 Å². The van der Waals surface area contributed by atoms with E-state index in [4.69, 9.17) is 14.6 Å². The van der Waals surface area contributed by atoms with E-state index in [1.54, 1.807) is 12.1 Å². The van der Waals surface area contributed by atoms with Crippen LogP contribution in [0, 0.1) is 17.2 Å². The van der Waals surface area contributed by atoms with Gasteiger partial charge < -0.3 is 19.9 Å². The molecule has 1 fully saturated rings. The first-order valence-electron chi connectivity index (χ1n) is 9.00. The van der Waals surface area contributed by atoms with Crippen LogP contribution in [0.2, 0.25) is 0 Å². The minimum absolute atomic E-state index is 0.00840. The summed E-state index contributed by atoms with van der Waals surface area (Å²) in [5.74, 6) is -0.597. The number of nitrogens with one attached hydrogen (secondary N) is 1. The van der Waals surface area contributed by atoms with E-state index in [1.165, 1.54) is 19.6 Å². The summed E-state index contributed by atoms with van der Waals surface area (Å²) in [4.78, 5) is 23.3. The number of methoxy groups -OCH3 is 1. The molecule has 1 aromatic rings. The lowest BCUT2D eigenvalue weighted by Gasteiger charge is -2.29. The van der Waals surface area contributed by atoms with Gasteiger partial charge in [0.05, 0.1) is 11.6 Å². The summed E-state index contributed by atoms with van der Waals surface area (Å²) in [5.41, 5.74) is 0.542. The Bertz CT molecular complexity index is 816. The molecule has 2 atom stereocenters. The lowest BCUT2D eigenvalue weighted by Crippen LogP contribution is -2.41. The highest BCUT2D eigenvalue weighted by molar-refractivity contribution is 9.10. The number of rotatable bonds is 7. The van der Waals surface area contributed by atoms with Gasteiger partial charge in [-0.25, -0.2) is 4.79 Å². The molecule has 0 aromatic heterocycles. The van der Waals surface area contributed by atoms with Crippen molar-refractivity contribution in [2.24, 2.45) is 5.92 Å². The van der Waals surface area contributed by atoms with Gasteiger partial charge in [-0.2, -0.15) is 5.26 Å². The molecule has 0 saturated heterocycles. The number of hydrogen-bond acceptors (Lipinski definition) is 5. The Hall–Kier alpha value is -2.53. The third-order valence-corrected chi connectivity index (χ3v) is 5.28. The van der Waals surface area contributed by atoms with Crippen molar-refractivity contribution in [3.8, 4) is 17.6 Å². The molecule has 0 heterocycles. The summed E-state index contributed by atoms with van der Waals surface area (Å²) >= 11 is 3.31. The van der Waals surface area contributed by atoms with Crippen LogP contribution in [0.1, 0.15) is 38.2 Å². The number of amides is 1. The molecule has 1 saturated carbocycles. The maximum Gasteiger partial charge on any atom is 0.341 e. The van der Waals surface area contributed by atoms with Crippen molar-refractivity contribution in [3.63, 3.8) is 0 Å². The van der Waals surface area contributed by atoms with Gasteiger partial charge in [-0.1, -0.05) is 19.8 Å². The molecule has 1 aromatic carbocycles. The van der Waals surface area contributed by atoms with Gasteiger partial charge in [0.1, 0.15) is 11.6 Å². The maximum absolute atomic E-state index is 12.5. The van der Waals surface area contributed by atoms with Gasteiger partial charge in [-0.05, 0) is 58.5 Å². The topological polar surface area (TPSA) is 109 Å². The fourth-order valence-electron chi connectivity index (χ4n) is 3.19. The van der Waals surface area contributed by atoms with Crippen LogP contribution < -0.4 is 14.8 Å². The van der Waals surface area contributed by atoms with E-state index in [9.17, 15) is 14.9 Å². The number of nitriles is 1. The Morgan fingerprint density at radius 3 is 2.71 bits per heavy atom. The summed E-state index contributed by atoms with van der Waals surface area (Å²) in [6.45, 7) is 1.59. The molecular formula is C20H23BrN2O5. The molecule has 0 unspecified atom stereocenters. The van der Waals surface area contributed by atoms with Crippen molar-refractivity contribution in [3.05, 3.63) is 27.7 Å². The number of carboxylic acids is 1. The molecule has 1 aliphatic carbocycles. The first kappa shape index (κ1) is 21.8. The molecule has 8 heteroatoms. The SMILES string of the molecule is COc1cc(/C=C(\C#N)C(=O)N[C@H]2CCCC[C@H]2C)cc(Br)c1OCC(=O)O. The molecule has 2 N–H and O–H groups in total. The predicted octanol–water partition coefficient (Wildman–Crippen LogP) is 3.52. The average molecular weight is 451 g/mol. The standard InChI is InChI=1S/C20H23BrN2O5/c1-12-5-3-4-6-16(12)23-20(26)14(10-22)7-13-8-15(21)19(17(9-13)27-2)28-11-18(24)25/h7-9,12,16H,3-6,11H2,1-2H3,(H,23,26)(H,24,25)/b14-7+/t12-,16+/m1/s1. The number of hydrogen-bond donors (Lipinski definition) is 2. The molecule has 0 radical (unpaired) electrons. The first-order valence-corrected chi connectivity index (χ1v) is 9.79. The fourth-order valence-corrected chi connectivity index (χ4v) is 3.76. The van der Waals surface area contributed by atoms with E-state index < -0.39 is 18.5 Å². The quantitative estimate of drug-likeness (QED) is 0.485. The van der Waals surface area contributed by atoms with Gasteiger partial charge in [-0.15, -0.1) is 0 Å². The zero-order chi connectivity index (χ0) is 20.7. The minimum atomic E-state index is -1.11. The molecule has 0 bridgehead atoms. The number of nitrogens with zero attached hydrogens (tertiary/aromatic N) is 1. The van der Waals surface area contributed by atoms with E-state index in [0.29, 0.717) is 21.7 Å². The lowest BCUT2D eigenvalue weighted by molar-refractivity contribution is -0.139. The Morgan fingerprint density at radius 1 is 1.39 bits per heavy atom. The van der Waals surface area contributed by atoms with Gasteiger partial charge in [0.15, 0.2) is 18.1 Å². The highest BCUT2D eigenvalue weighted by Gasteiger charge is 2.24. The Morgan fingerprint density at radius 2 is 2.11 bits per heavy atom. The van der Waals surface area contributed by atoms with E-state index >= 15 is 0 Å². The van der Waals surface area contributed by atoms with Gasteiger partial charge in [0, 0.05) is 6.04 Å². The number of carbonyl (C=O) groups is 2. The van der Waals surface area contributed by atoms with E-state index in [2.05, 4.69) is 28.2 Å². The van der Waals surface area contributed by atoms with Crippen molar-refractivity contribution < 1.29 is 24.2 Å². The minimum Gasteiger partial charge on any atom is -0.493 e. The monoisotopic (exact) mass is 450 g/mol. The maximum atomic E-state index is 12.5. The highest BCUT2D eigenvalue weighted by Crippen LogP contribution is 2.37. The third kappa shape index (κ3) is 5.73. The predicted molar refractivity (Wildman–Crippen MR) is 107 cm³/mol. The van der Waals surface area contributed by atoms with Crippen LogP contribution in [-0.4, -0.2) is 36.7 Å². The van der Waals surface area contributed by atoms with Crippen molar-refractivity contribution in [2.45, 2.75) is 38.6 Å². The summed E-state index contributed by atoms with van der Waals surface area (Å²) in [5, 5.41) is 21.2. The summed E-state index contributed by atoms with van der Waals surface area (Å²) in [6, 6.07) is 5.24. The zero-order valence-electron chi connectivity index (χ0n) is 15.8. The summed E-state index contributed by atoms with van der Waals surface area (Å²) in [6.07, 6.45) is 5.69. The second kappa shape index (κ2) is 10.1. The van der Waals surface area contributed by atoms with E-state index in [-0.39, 0.29) is 17.4 Å². The van der Waals surface area contributed by atoms with Gasteiger partial charge in [-0.3, -0.25) is 4.79 Å². The number of aliphatic carboxylic acids is 1. The smallest absolute Gasteiger partial charge is 0.341 e. The highest BCUT2D eigenvalue weighted by atomic mass is 79.9. The molecule has 28 heavy (non-hydrogen) atoms. The molecule has 7 nitrogen and oxygen atoms in total. The molecule has 1 amide bonds. The van der Waals surface area contributed by atoms with Crippen molar-refractivity contribution in [1.29, 1.82) is 5.26 Å². The molecular weight excluding hydrogens is 428 g/mol. The molecule has 0 aliphatic heterocycles. The lowest BCUT2D eigenvalue weighted by atomic mass is 9.86. The van der Waals surface area contributed by atoms with Crippen LogP contribution in [0.25, 0.3) is 6.08 Å². The zero-order valence-corrected chi connectivity index (χ0v) is 17.4. The number of carboxylic acid groups (broad SMARTS) is 1. The van der Waals surface area contributed by atoms with Crippen LogP contribution in [0.5, 0.6) is 11.5 Å². The van der Waals surface area contributed by atoms with Crippen molar-refractivity contribution in [2.75, 3.05) is 13.7 Å². The second-order valence-electron chi connectivity index (χ2n) is 6.73. The number of ether oxygens (including phenoxy) is 2. The molecule has 0 spiro atoms. The normalized spacial score (nSPS) is 19.4. The Kier molecular flexibility index (Phi) is 7.88. The van der Waals surface area contributed by atoms with E-state index in [1.807, 2.05) is 6.07 Å². The van der Waals surface area contributed by atoms with Crippen LogP contribution >= 0.6 is 15.9 Å². The first-order chi connectivity index (χ1) is 13.3. The number of carbonyl (C=O) groups excluding carboxylic acids is 1. The Balaban J connectivity index is 2.23. The fraction of sp³-hybridized carbons (Fsp3) is 0.450. The second-order valence-corrected chi connectivity index (χ2v) is 7.58. The average Bonchev–Trinajstić information content (AvgIpc) is 2.66. The molecule has 1 aliphatic rings. The van der Waals surface area contributed by atoms with Crippen LogP contribution in [-0.2, 0) is 9.59 Å². The Labute approximate surface area is 172 Å². The van der Waals surface area contributed by atoms with Gasteiger partial charge >= 0.3 is 5.97 Å². The van der Waals surface area contributed by atoms with Crippen molar-refractivity contribution >= 4 is 33.9 Å². The molecule has 150 valence electrons. The van der Waals surface area contributed by atoms with Crippen LogP contribution in [0.15, 0.2) is 22.2 Å². The van der Waals surface area contributed by atoms with Gasteiger partial charge in [0.2, 0.25) is 0 Å². The third-order valence-electron chi connectivity index (χ3n) is 4.70. The largest absolute Gasteiger partial charge is 0.493 e. The summed E-state index contributed by atoms with van der Waals surface area (Å²) in [7, 11) is 1.42. The molecule has 2 rings (SSSR count). The number of halogens is 1. The van der Waals surface area contributed by atoms with E-state index in [0.717, 1.165) is 19.3 Å². The summed E-state index contributed by atoms with van der Waals surface area (Å²) < 4.78 is 10.9. The van der Waals surface area contributed by atoms with Gasteiger partial charge in [0.25, 0.3) is 5.91 Å². The van der Waals surface area contributed by atoms with Crippen LogP contribution in [0.3, 0.4) is 0 Å². The number of benzene rings is 1.